The zero-order chi connectivity index (χ0) is 13.1. The van der Waals surface area contributed by atoms with Crippen LogP contribution in [0.3, 0.4) is 0 Å². The van der Waals surface area contributed by atoms with Crippen molar-refractivity contribution >= 4 is 0 Å². The molecule has 0 amide bonds. The van der Waals surface area contributed by atoms with Crippen LogP contribution in [0, 0.1) is 0 Å². The summed E-state index contributed by atoms with van der Waals surface area (Å²) in [5, 5.41) is 25.9. The minimum Gasteiger partial charge on any atom is -0.406 e. The van der Waals surface area contributed by atoms with Crippen molar-refractivity contribution in [2.75, 3.05) is 0 Å². The van der Waals surface area contributed by atoms with Crippen LogP contribution in [0.1, 0.15) is 12.0 Å². The van der Waals surface area contributed by atoms with Gasteiger partial charge < -0.3 is 20.1 Å². The number of halogens is 3. The van der Waals surface area contributed by atoms with Crippen LogP contribution in [0.25, 0.3) is 0 Å². The lowest BCUT2D eigenvalue weighted by Crippen LogP contribution is -2.27. The van der Waals surface area contributed by atoms with Gasteiger partial charge in [-0.25, -0.2) is 0 Å². The zero-order valence-electron chi connectivity index (χ0n) is 8.61. The van der Waals surface area contributed by atoms with Crippen LogP contribution in [0.2, 0.25) is 0 Å². The molecule has 4 nitrogen and oxygen atoms in total. The molecule has 0 aliphatic carbocycles. The third-order valence-corrected chi connectivity index (χ3v) is 1.91. The largest absolute Gasteiger partial charge is 0.573 e. The quantitative estimate of drug-likeness (QED) is 0.703. The lowest BCUT2D eigenvalue weighted by atomic mass is 10.1. The topological polar surface area (TPSA) is 69.9 Å². The van der Waals surface area contributed by atoms with Crippen LogP contribution in [0.4, 0.5) is 13.2 Å². The molecule has 1 aromatic carbocycles. The van der Waals surface area contributed by atoms with E-state index in [2.05, 4.69) is 4.74 Å². The summed E-state index contributed by atoms with van der Waals surface area (Å²) < 4.78 is 39.1. The highest BCUT2D eigenvalue weighted by Crippen LogP contribution is 2.23. The second-order valence-electron chi connectivity index (χ2n) is 3.47. The summed E-state index contributed by atoms with van der Waals surface area (Å²) in [6, 6.07) is 4.90. The SMILES string of the molecule is OC(O)(O)CCc1ccc(OC(F)(F)F)cc1. The molecule has 7 heteroatoms. The lowest BCUT2D eigenvalue weighted by molar-refractivity contribution is -0.314. The number of ether oxygens (including phenoxy) is 1. The Morgan fingerprint density at radius 1 is 1.00 bits per heavy atom. The van der Waals surface area contributed by atoms with Crippen molar-refractivity contribution in [1.29, 1.82) is 0 Å². The summed E-state index contributed by atoms with van der Waals surface area (Å²) in [7, 11) is 0. The van der Waals surface area contributed by atoms with E-state index >= 15 is 0 Å². The average molecular weight is 252 g/mol. The molecule has 0 heterocycles. The molecule has 96 valence electrons. The highest BCUT2D eigenvalue weighted by atomic mass is 19.4. The van der Waals surface area contributed by atoms with Gasteiger partial charge >= 0.3 is 6.36 Å². The minimum atomic E-state index is -4.74. The van der Waals surface area contributed by atoms with Gasteiger partial charge in [-0.3, -0.25) is 0 Å². The van der Waals surface area contributed by atoms with E-state index in [-0.39, 0.29) is 18.6 Å². The lowest BCUT2D eigenvalue weighted by Gasteiger charge is -2.13. The van der Waals surface area contributed by atoms with Crippen LogP contribution in [-0.2, 0) is 6.42 Å². The van der Waals surface area contributed by atoms with Crippen molar-refractivity contribution in [3.63, 3.8) is 0 Å². The Hall–Kier alpha value is -1.31. The molecule has 0 unspecified atom stereocenters. The Labute approximate surface area is 94.9 Å². The van der Waals surface area contributed by atoms with Crippen molar-refractivity contribution < 1.29 is 33.2 Å². The Morgan fingerprint density at radius 2 is 1.53 bits per heavy atom. The van der Waals surface area contributed by atoms with Gasteiger partial charge in [0.05, 0.1) is 0 Å². The monoisotopic (exact) mass is 252 g/mol. The van der Waals surface area contributed by atoms with E-state index in [9.17, 15) is 13.2 Å². The van der Waals surface area contributed by atoms with Crippen molar-refractivity contribution in [2.24, 2.45) is 0 Å². The molecule has 0 aliphatic rings. The van der Waals surface area contributed by atoms with Crippen LogP contribution in [-0.4, -0.2) is 27.7 Å². The van der Waals surface area contributed by atoms with Gasteiger partial charge in [0.15, 0.2) is 0 Å². The first-order valence-corrected chi connectivity index (χ1v) is 4.67. The number of aryl methyl sites for hydroxylation is 1. The molecule has 0 radical (unpaired) electrons. The predicted molar refractivity (Wildman–Crippen MR) is 50.8 cm³/mol. The molecule has 0 aliphatic heterocycles. The van der Waals surface area contributed by atoms with Crippen LogP contribution < -0.4 is 4.74 Å². The fourth-order valence-electron chi connectivity index (χ4n) is 1.17. The number of hydrogen-bond acceptors (Lipinski definition) is 4. The van der Waals surface area contributed by atoms with E-state index in [0.29, 0.717) is 5.56 Å². The highest BCUT2D eigenvalue weighted by Gasteiger charge is 2.30. The van der Waals surface area contributed by atoms with Crippen LogP contribution >= 0.6 is 0 Å². The van der Waals surface area contributed by atoms with Gasteiger partial charge in [0, 0.05) is 6.42 Å². The Kier molecular flexibility index (Phi) is 3.97. The summed E-state index contributed by atoms with van der Waals surface area (Å²) in [5.74, 6) is -3.13. The molecule has 0 saturated carbocycles. The maximum Gasteiger partial charge on any atom is 0.573 e. The number of benzene rings is 1. The van der Waals surface area contributed by atoms with E-state index in [4.69, 9.17) is 15.3 Å². The molecule has 17 heavy (non-hydrogen) atoms. The Balaban J connectivity index is 2.56. The first kappa shape index (κ1) is 13.8. The fraction of sp³-hybridized carbons (Fsp3) is 0.400. The summed E-state index contributed by atoms with van der Waals surface area (Å²) in [6.07, 6.45) is -4.97. The van der Waals surface area contributed by atoms with E-state index in [1.54, 1.807) is 0 Å². The van der Waals surface area contributed by atoms with Gasteiger partial charge in [0.1, 0.15) is 5.75 Å². The highest BCUT2D eigenvalue weighted by molar-refractivity contribution is 5.27. The van der Waals surface area contributed by atoms with E-state index < -0.39 is 12.3 Å². The minimum absolute atomic E-state index is 0.107. The normalized spacial score (nSPS) is 12.6. The Morgan fingerprint density at radius 3 is 1.94 bits per heavy atom. The molecular formula is C10H11F3O4. The number of alkyl halides is 3. The van der Waals surface area contributed by atoms with Crippen molar-refractivity contribution in [2.45, 2.75) is 25.2 Å². The van der Waals surface area contributed by atoms with E-state index in [1.165, 1.54) is 12.1 Å². The maximum atomic E-state index is 11.8. The molecular weight excluding hydrogens is 241 g/mol. The fourth-order valence-corrected chi connectivity index (χ4v) is 1.17. The van der Waals surface area contributed by atoms with Crippen molar-refractivity contribution in [3.8, 4) is 5.75 Å². The van der Waals surface area contributed by atoms with Crippen LogP contribution in [0.5, 0.6) is 5.75 Å². The van der Waals surface area contributed by atoms with Crippen LogP contribution in [0.15, 0.2) is 24.3 Å². The summed E-state index contributed by atoms with van der Waals surface area (Å²) in [5.41, 5.74) is 0.543. The van der Waals surface area contributed by atoms with Gasteiger partial charge in [-0.15, -0.1) is 13.2 Å². The maximum absolute atomic E-state index is 11.8. The summed E-state index contributed by atoms with van der Waals surface area (Å²) >= 11 is 0. The van der Waals surface area contributed by atoms with E-state index in [1.807, 2.05) is 0 Å². The molecule has 0 saturated heterocycles. The third kappa shape index (κ3) is 6.10. The molecule has 1 rings (SSSR count). The molecule has 0 bridgehead atoms. The van der Waals surface area contributed by atoms with Gasteiger partial charge in [-0.05, 0) is 24.1 Å². The van der Waals surface area contributed by atoms with Crippen molar-refractivity contribution in [3.05, 3.63) is 29.8 Å². The van der Waals surface area contributed by atoms with Gasteiger partial charge in [0.25, 0.3) is 5.97 Å². The molecule has 0 atom stereocenters. The molecule has 0 spiro atoms. The first-order chi connectivity index (χ1) is 7.66. The number of aliphatic hydroxyl groups is 3. The second kappa shape index (κ2) is 4.91. The number of rotatable bonds is 4. The summed E-state index contributed by atoms with van der Waals surface area (Å²) in [6.45, 7) is 0. The average Bonchev–Trinajstić information content (AvgIpc) is 2.13. The number of hydrogen-bond donors (Lipinski definition) is 3. The van der Waals surface area contributed by atoms with Gasteiger partial charge in [-0.2, -0.15) is 0 Å². The third-order valence-electron chi connectivity index (χ3n) is 1.91. The van der Waals surface area contributed by atoms with Gasteiger partial charge in [0.2, 0.25) is 0 Å². The molecule has 0 aromatic heterocycles. The molecule has 1 aromatic rings. The van der Waals surface area contributed by atoms with Crippen molar-refractivity contribution in [1.82, 2.24) is 0 Å². The molecule has 3 N–H and O–H groups in total. The summed E-state index contributed by atoms with van der Waals surface area (Å²) in [4.78, 5) is 0. The predicted octanol–water partition coefficient (Wildman–Crippen LogP) is 1.15. The standard InChI is InChI=1S/C10H11F3O4/c11-10(12,13)17-8-3-1-7(2-4-8)5-6-9(14,15)16/h1-4,14-16H,5-6H2. The first-order valence-electron chi connectivity index (χ1n) is 4.67. The second-order valence-corrected chi connectivity index (χ2v) is 3.47. The van der Waals surface area contributed by atoms with Gasteiger partial charge in [-0.1, -0.05) is 12.1 Å². The van der Waals surface area contributed by atoms with E-state index in [0.717, 1.165) is 12.1 Å². The molecule has 0 fully saturated rings. The Bertz CT molecular complexity index is 353. The smallest absolute Gasteiger partial charge is 0.406 e. The zero-order valence-corrected chi connectivity index (χ0v) is 8.61.